The first-order valence-corrected chi connectivity index (χ1v) is 6.96. The van der Waals surface area contributed by atoms with Crippen LogP contribution >= 0.6 is 0 Å². The van der Waals surface area contributed by atoms with Gasteiger partial charge in [-0.15, -0.1) is 0 Å². The number of hydrogen-bond acceptors (Lipinski definition) is 1. The molecule has 0 aliphatic rings. The van der Waals surface area contributed by atoms with E-state index in [1.807, 2.05) is 27.7 Å². The predicted molar refractivity (Wildman–Crippen MR) is 83.7 cm³/mol. The highest BCUT2D eigenvalue weighted by Gasteiger charge is 2.29. The van der Waals surface area contributed by atoms with E-state index in [0.717, 1.165) is 5.57 Å². The summed E-state index contributed by atoms with van der Waals surface area (Å²) < 4.78 is 0. The second-order valence-corrected chi connectivity index (χ2v) is 7.15. The molecule has 19 heavy (non-hydrogen) atoms. The Balaban J connectivity index is 3.34. The largest absolute Gasteiger partial charge is 0.512 e. The Hall–Kier alpha value is -1.24. The number of aliphatic hydroxyl groups excluding tert-OH is 1. The number of aryl methyl sites for hydroxylation is 2. The summed E-state index contributed by atoms with van der Waals surface area (Å²) in [5.74, 6) is 0.496. The zero-order chi connectivity index (χ0) is 15.0. The first-order chi connectivity index (χ1) is 8.48. The van der Waals surface area contributed by atoms with E-state index < -0.39 is 0 Å². The maximum atomic E-state index is 10.5. The third-order valence-electron chi connectivity index (χ3n) is 4.23. The van der Waals surface area contributed by atoms with E-state index in [1.54, 1.807) is 0 Å². The third-order valence-corrected chi connectivity index (χ3v) is 4.23. The van der Waals surface area contributed by atoms with E-state index in [1.165, 1.54) is 16.7 Å². The Morgan fingerprint density at radius 2 is 1.47 bits per heavy atom. The number of allylic oxidation sites excluding steroid dienone is 2. The highest BCUT2D eigenvalue weighted by molar-refractivity contribution is 5.40. The smallest absolute Gasteiger partial charge is 0.0973 e. The van der Waals surface area contributed by atoms with Crippen molar-refractivity contribution < 1.29 is 5.11 Å². The molecule has 0 heterocycles. The summed E-state index contributed by atoms with van der Waals surface area (Å²) >= 11 is 0. The molecule has 0 amide bonds. The molecule has 1 aromatic rings. The lowest BCUT2D eigenvalue weighted by molar-refractivity contribution is 0.263. The number of aliphatic hydroxyl groups is 1. The average molecular weight is 260 g/mol. The van der Waals surface area contributed by atoms with Gasteiger partial charge in [-0.3, -0.25) is 0 Å². The first kappa shape index (κ1) is 15.8. The zero-order valence-corrected chi connectivity index (χ0v) is 13.7. The minimum absolute atomic E-state index is 0.157. The van der Waals surface area contributed by atoms with Crippen molar-refractivity contribution in [3.8, 4) is 0 Å². The second-order valence-electron chi connectivity index (χ2n) is 7.15. The Kier molecular flexibility index (Phi) is 4.19. The van der Waals surface area contributed by atoms with E-state index >= 15 is 0 Å². The molecule has 1 rings (SSSR count). The molecule has 1 heteroatoms. The molecule has 0 saturated heterocycles. The maximum Gasteiger partial charge on any atom is 0.0973 e. The SMILES string of the molecule is C/C(=C(/O)C(C)(C)C)C(C)(C)c1ccc(C)c(C)c1. The zero-order valence-electron chi connectivity index (χ0n) is 13.7. The van der Waals surface area contributed by atoms with Crippen LogP contribution in [-0.4, -0.2) is 5.11 Å². The molecule has 0 radical (unpaired) electrons. The lowest BCUT2D eigenvalue weighted by Crippen LogP contribution is -2.24. The standard InChI is InChI=1S/C18H28O/c1-12-9-10-15(11-13(12)2)18(7,8)14(3)16(19)17(4,5)6/h9-11,19H,1-8H3/b16-14-. The van der Waals surface area contributed by atoms with Crippen LogP contribution in [0.5, 0.6) is 0 Å². The molecule has 0 spiro atoms. The van der Waals surface area contributed by atoms with Crippen molar-refractivity contribution >= 4 is 0 Å². The molecule has 1 nitrogen and oxygen atoms in total. The van der Waals surface area contributed by atoms with Crippen LogP contribution in [0.3, 0.4) is 0 Å². The van der Waals surface area contributed by atoms with Crippen LogP contribution in [0.25, 0.3) is 0 Å². The van der Waals surface area contributed by atoms with Crippen molar-refractivity contribution in [3.63, 3.8) is 0 Å². The second kappa shape index (κ2) is 5.03. The average Bonchev–Trinajstić information content (AvgIpc) is 2.29. The molecular formula is C18H28O. The highest BCUT2D eigenvalue weighted by Crippen LogP contribution is 2.37. The number of benzene rings is 1. The van der Waals surface area contributed by atoms with Crippen molar-refractivity contribution in [2.24, 2.45) is 5.41 Å². The van der Waals surface area contributed by atoms with Crippen molar-refractivity contribution in [3.05, 3.63) is 46.2 Å². The van der Waals surface area contributed by atoms with Gasteiger partial charge in [-0.25, -0.2) is 0 Å². The molecule has 0 aromatic heterocycles. The third kappa shape index (κ3) is 3.20. The molecule has 0 atom stereocenters. The normalized spacial score (nSPS) is 14.3. The molecule has 0 bridgehead atoms. The number of rotatable bonds is 2. The van der Waals surface area contributed by atoms with Gasteiger partial charge in [0.05, 0.1) is 5.76 Å². The summed E-state index contributed by atoms with van der Waals surface area (Å²) in [5.41, 5.74) is 4.54. The molecule has 106 valence electrons. The van der Waals surface area contributed by atoms with Crippen molar-refractivity contribution in [1.29, 1.82) is 0 Å². The fourth-order valence-corrected chi connectivity index (χ4v) is 2.21. The minimum atomic E-state index is -0.207. The Morgan fingerprint density at radius 1 is 0.947 bits per heavy atom. The topological polar surface area (TPSA) is 20.2 Å². The maximum absolute atomic E-state index is 10.5. The van der Waals surface area contributed by atoms with E-state index in [-0.39, 0.29) is 10.8 Å². The van der Waals surface area contributed by atoms with Gasteiger partial charge in [0.15, 0.2) is 0 Å². The van der Waals surface area contributed by atoms with Crippen molar-refractivity contribution in [2.45, 2.75) is 60.8 Å². The molecular weight excluding hydrogens is 232 g/mol. The van der Waals surface area contributed by atoms with Crippen LogP contribution in [-0.2, 0) is 5.41 Å². The fraction of sp³-hybridized carbons (Fsp3) is 0.556. The van der Waals surface area contributed by atoms with Crippen LogP contribution in [0.1, 0.15) is 58.2 Å². The van der Waals surface area contributed by atoms with Gasteiger partial charge in [0, 0.05) is 10.8 Å². The molecule has 1 aromatic carbocycles. The van der Waals surface area contributed by atoms with E-state index in [9.17, 15) is 5.11 Å². The highest BCUT2D eigenvalue weighted by atomic mass is 16.3. The van der Waals surface area contributed by atoms with E-state index in [4.69, 9.17) is 0 Å². The lowest BCUT2D eigenvalue weighted by atomic mass is 9.74. The lowest BCUT2D eigenvalue weighted by Gasteiger charge is -2.31. The van der Waals surface area contributed by atoms with Crippen LogP contribution in [0, 0.1) is 19.3 Å². The van der Waals surface area contributed by atoms with Gasteiger partial charge in [0.2, 0.25) is 0 Å². The minimum Gasteiger partial charge on any atom is -0.512 e. The van der Waals surface area contributed by atoms with Gasteiger partial charge < -0.3 is 5.11 Å². The monoisotopic (exact) mass is 260 g/mol. The Morgan fingerprint density at radius 3 is 1.89 bits per heavy atom. The van der Waals surface area contributed by atoms with Gasteiger partial charge in [0.25, 0.3) is 0 Å². The molecule has 0 saturated carbocycles. The Labute approximate surface area is 118 Å². The summed E-state index contributed by atoms with van der Waals surface area (Å²) in [6, 6.07) is 6.56. The predicted octanol–water partition coefficient (Wildman–Crippen LogP) is 5.46. The van der Waals surface area contributed by atoms with Gasteiger partial charge >= 0.3 is 0 Å². The first-order valence-electron chi connectivity index (χ1n) is 6.96. The van der Waals surface area contributed by atoms with Crippen LogP contribution in [0.15, 0.2) is 29.5 Å². The number of hydrogen-bond donors (Lipinski definition) is 1. The summed E-state index contributed by atoms with van der Waals surface area (Å²) in [7, 11) is 0. The van der Waals surface area contributed by atoms with Gasteiger partial charge in [-0.05, 0) is 43.0 Å². The van der Waals surface area contributed by atoms with Gasteiger partial charge in [0.1, 0.15) is 0 Å². The molecule has 0 unspecified atom stereocenters. The summed E-state index contributed by atoms with van der Waals surface area (Å²) in [5, 5.41) is 10.5. The molecule has 0 fully saturated rings. The van der Waals surface area contributed by atoms with Crippen LogP contribution in [0.2, 0.25) is 0 Å². The van der Waals surface area contributed by atoms with Crippen LogP contribution in [0.4, 0.5) is 0 Å². The molecule has 0 aliphatic carbocycles. The summed E-state index contributed by atoms with van der Waals surface area (Å²) in [4.78, 5) is 0. The van der Waals surface area contributed by atoms with Gasteiger partial charge in [-0.1, -0.05) is 52.8 Å². The van der Waals surface area contributed by atoms with Crippen LogP contribution < -0.4 is 0 Å². The van der Waals surface area contributed by atoms with E-state index in [0.29, 0.717) is 5.76 Å². The summed E-state index contributed by atoms with van der Waals surface area (Å²) in [6.07, 6.45) is 0. The Bertz CT molecular complexity index is 499. The quantitative estimate of drug-likeness (QED) is 0.700. The molecule has 0 aliphatic heterocycles. The fourth-order valence-electron chi connectivity index (χ4n) is 2.21. The molecule has 1 N–H and O–H groups in total. The van der Waals surface area contributed by atoms with Crippen molar-refractivity contribution in [2.75, 3.05) is 0 Å². The van der Waals surface area contributed by atoms with E-state index in [2.05, 4.69) is 45.9 Å². The summed E-state index contributed by atoms with van der Waals surface area (Å²) in [6.45, 7) is 16.8. The van der Waals surface area contributed by atoms with Gasteiger partial charge in [-0.2, -0.15) is 0 Å². The van der Waals surface area contributed by atoms with Crippen molar-refractivity contribution in [1.82, 2.24) is 0 Å².